The van der Waals surface area contributed by atoms with Crippen molar-refractivity contribution in [3.8, 4) is 11.3 Å². The normalized spacial score (nSPS) is 15.3. The van der Waals surface area contributed by atoms with Gasteiger partial charge < -0.3 is 14.8 Å². The minimum Gasteiger partial charge on any atom is -0.478 e. The first-order valence-corrected chi connectivity index (χ1v) is 7.98. The molecule has 0 unspecified atom stereocenters. The first-order valence-electron chi connectivity index (χ1n) is 7.17. The van der Waals surface area contributed by atoms with Gasteiger partial charge in [0.1, 0.15) is 11.5 Å². The molecule has 126 valence electrons. The van der Waals surface area contributed by atoms with Crippen LogP contribution in [0.5, 0.6) is 0 Å². The fourth-order valence-corrected chi connectivity index (χ4v) is 3.04. The van der Waals surface area contributed by atoms with Crippen molar-refractivity contribution in [3.63, 3.8) is 0 Å². The lowest BCUT2D eigenvalue weighted by Gasteiger charge is -2.02. The van der Waals surface area contributed by atoms with Crippen LogP contribution in [0.25, 0.3) is 17.4 Å². The third-order valence-corrected chi connectivity index (χ3v) is 4.13. The van der Waals surface area contributed by atoms with E-state index in [4.69, 9.17) is 4.42 Å². The summed E-state index contributed by atoms with van der Waals surface area (Å²) in [5, 5.41) is 11.9. The number of furan rings is 1. The predicted molar refractivity (Wildman–Crippen MR) is 92.9 cm³/mol. The van der Waals surface area contributed by atoms with Crippen LogP contribution in [-0.4, -0.2) is 28.1 Å². The summed E-state index contributed by atoms with van der Waals surface area (Å²) >= 11 is 1.03. The molecular formula is C17H12N2O5S. The molecule has 0 aliphatic carbocycles. The van der Waals surface area contributed by atoms with E-state index in [-0.39, 0.29) is 16.6 Å². The summed E-state index contributed by atoms with van der Waals surface area (Å²) in [6, 6.07) is 9.74. The van der Waals surface area contributed by atoms with Gasteiger partial charge in [0.25, 0.3) is 5.91 Å². The Labute approximate surface area is 146 Å². The molecule has 0 saturated heterocycles. The maximum atomic E-state index is 11.8. The molecule has 1 aromatic carbocycles. The number of benzene rings is 1. The Morgan fingerprint density at radius 1 is 1.24 bits per heavy atom. The zero-order valence-electron chi connectivity index (χ0n) is 13.0. The van der Waals surface area contributed by atoms with Gasteiger partial charge in [0.05, 0.1) is 10.5 Å². The van der Waals surface area contributed by atoms with Crippen molar-refractivity contribution in [1.29, 1.82) is 0 Å². The van der Waals surface area contributed by atoms with E-state index in [0.29, 0.717) is 22.0 Å². The van der Waals surface area contributed by atoms with Gasteiger partial charge in [-0.1, -0.05) is 18.2 Å². The molecule has 2 heterocycles. The summed E-state index contributed by atoms with van der Waals surface area (Å²) in [6.07, 6.45) is 1.50. The Balaban J connectivity index is 1.85. The molecule has 3 rings (SSSR count). The number of thioether (sulfide) groups is 1. The van der Waals surface area contributed by atoms with Crippen LogP contribution < -0.4 is 5.32 Å². The largest absolute Gasteiger partial charge is 0.478 e. The molecule has 1 aliphatic heterocycles. The van der Waals surface area contributed by atoms with Gasteiger partial charge in [0.15, 0.2) is 5.17 Å². The minimum atomic E-state index is -1.05. The van der Waals surface area contributed by atoms with E-state index >= 15 is 0 Å². The van der Waals surface area contributed by atoms with Crippen molar-refractivity contribution in [1.82, 2.24) is 5.32 Å². The number of amidine groups is 1. The number of nitrogens with zero attached hydrogens (tertiary/aromatic N) is 1. The van der Waals surface area contributed by atoms with Gasteiger partial charge in [0.2, 0.25) is 5.91 Å². The number of amides is 2. The fraction of sp³-hybridized carbons (Fsp3) is 0.0588. The Bertz CT molecular complexity index is 942. The highest BCUT2D eigenvalue weighted by atomic mass is 32.2. The van der Waals surface area contributed by atoms with Crippen molar-refractivity contribution in [2.24, 2.45) is 4.99 Å². The molecule has 0 radical (unpaired) electrons. The number of hydrogen-bond donors (Lipinski definition) is 2. The monoisotopic (exact) mass is 356 g/mol. The Morgan fingerprint density at radius 2 is 2.00 bits per heavy atom. The molecule has 2 aromatic rings. The second-order valence-corrected chi connectivity index (χ2v) is 6.10. The van der Waals surface area contributed by atoms with E-state index in [9.17, 15) is 19.5 Å². The number of carboxylic acid groups (broad SMARTS) is 1. The van der Waals surface area contributed by atoms with Crippen LogP contribution in [0.15, 0.2) is 50.7 Å². The van der Waals surface area contributed by atoms with Gasteiger partial charge in [-0.05, 0) is 30.0 Å². The lowest BCUT2D eigenvalue weighted by Crippen LogP contribution is -2.23. The maximum absolute atomic E-state index is 11.8. The molecule has 0 atom stereocenters. The van der Waals surface area contributed by atoms with E-state index < -0.39 is 11.9 Å². The average molecular weight is 356 g/mol. The quantitative estimate of drug-likeness (QED) is 0.819. The van der Waals surface area contributed by atoms with Crippen LogP contribution in [0.3, 0.4) is 0 Å². The average Bonchev–Trinajstić information content (AvgIpc) is 3.14. The van der Waals surface area contributed by atoms with Crippen LogP contribution >= 0.6 is 11.8 Å². The van der Waals surface area contributed by atoms with Crippen molar-refractivity contribution in [2.75, 3.05) is 0 Å². The van der Waals surface area contributed by atoms with Gasteiger partial charge >= 0.3 is 5.97 Å². The van der Waals surface area contributed by atoms with Crippen LogP contribution in [0, 0.1) is 0 Å². The summed E-state index contributed by atoms with van der Waals surface area (Å²) in [4.78, 5) is 38.2. The van der Waals surface area contributed by atoms with Crippen molar-refractivity contribution >= 4 is 40.8 Å². The SMILES string of the molecule is CC(=O)NC1=NC(=O)/C(=C/c2ccc(-c3ccccc3C(=O)O)o2)S1. The predicted octanol–water partition coefficient (Wildman–Crippen LogP) is 2.75. The molecule has 1 aliphatic rings. The zero-order valence-corrected chi connectivity index (χ0v) is 13.8. The topological polar surface area (TPSA) is 109 Å². The van der Waals surface area contributed by atoms with Crippen molar-refractivity contribution < 1.29 is 23.9 Å². The highest BCUT2D eigenvalue weighted by molar-refractivity contribution is 8.18. The molecule has 8 heteroatoms. The molecule has 0 saturated carbocycles. The van der Waals surface area contributed by atoms with Gasteiger partial charge in [-0.2, -0.15) is 4.99 Å². The summed E-state index contributed by atoms with van der Waals surface area (Å²) < 4.78 is 5.64. The molecule has 25 heavy (non-hydrogen) atoms. The van der Waals surface area contributed by atoms with Crippen molar-refractivity contribution in [3.05, 3.63) is 52.6 Å². The van der Waals surface area contributed by atoms with Gasteiger partial charge in [-0.25, -0.2) is 4.79 Å². The summed E-state index contributed by atoms with van der Waals surface area (Å²) in [6.45, 7) is 1.33. The molecular weight excluding hydrogens is 344 g/mol. The lowest BCUT2D eigenvalue weighted by atomic mass is 10.1. The fourth-order valence-electron chi connectivity index (χ4n) is 2.20. The number of hydrogen-bond acceptors (Lipinski definition) is 5. The highest BCUT2D eigenvalue weighted by Crippen LogP contribution is 2.30. The third-order valence-electron chi connectivity index (χ3n) is 3.23. The van der Waals surface area contributed by atoms with Crippen LogP contribution in [0.2, 0.25) is 0 Å². The summed E-state index contributed by atoms with van der Waals surface area (Å²) in [5.41, 5.74) is 0.568. The van der Waals surface area contributed by atoms with Crippen LogP contribution in [0.1, 0.15) is 23.0 Å². The third kappa shape index (κ3) is 3.69. The molecule has 0 bridgehead atoms. The number of nitrogens with one attached hydrogen (secondary N) is 1. The Morgan fingerprint density at radius 3 is 2.72 bits per heavy atom. The van der Waals surface area contributed by atoms with Crippen molar-refractivity contribution in [2.45, 2.75) is 6.92 Å². The first kappa shape index (κ1) is 16.7. The Hall–Kier alpha value is -3.13. The number of aliphatic imine (C=N–C) groups is 1. The molecule has 2 amide bonds. The van der Waals surface area contributed by atoms with Gasteiger partial charge in [-0.15, -0.1) is 0 Å². The minimum absolute atomic E-state index is 0.124. The standard InChI is InChI=1S/C17H12N2O5S/c1-9(20)18-17-19-15(21)14(25-17)8-10-6-7-13(24-10)11-4-2-3-5-12(11)16(22)23/h2-8H,1H3,(H,22,23)(H,18,19,20,21)/b14-8-. The van der Waals surface area contributed by atoms with Gasteiger partial charge in [0, 0.05) is 18.6 Å². The summed E-state index contributed by atoms with van der Waals surface area (Å²) in [5.74, 6) is -1.08. The molecule has 0 fully saturated rings. The number of carboxylic acids is 1. The maximum Gasteiger partial charge on any atom is 0.336 e. The zero-order chi connectivity index (χ0) is 18.0. The van der Waals surface area contributed by atoms with E-state index in [2.05, 4.69) is 10.3 Å². The molecule has 7 nitrogen and oxygen atoms in total. The van der Waals surface area contributed by atoms with Crippen LogP contribution in [0.4, 0.5) is 0 Å². The lowest BCUT2D eigenvalue weighted by molar-refractivity contribution is -0.117. The van der Waals surface area contributed by atoms with Crippen LogP contribution in [-0.2, 0) is 9.59 Å². The highest BCUT2D eigenvalue weighted by Gasteiger charge is 2.23. The second-order valence-electron chi connectivity index (χ2n) is 5.07. The number of carbonyl (C=O) groups excluding carboxylic acids is 2. The van der Waals surface area contributed by atoms with E-state index in [1.807, 2.05) is 0 Å². The Kier molecular flexibility index (Phi) is 4.53. The van der Waals surface area contributed by atoms with Gasteiger partial charge in [-0.3, -0.25) is 9.59 Å². The van der Waals surface area contributed by atoms with E-state index in [1.165, 1.54) is 19.1 Å². The summed E-state index contributed by atoms with van der Waals surface area (Å²) in [7, 11) is 0. The first-order chi connectivity index (χ1) is 11.9. The smallest absolute Gasteiger partial charge is 0.336 e. The molecule has 0 spiro atoms. The second kappa shape index (κ2) is 6.78. The number of rotatable bonds is 3. The molecule has 1 aromatic heterocycles. The van der Waals surface area contributed by atoms with E-state index in [0.717, 1.165) is 11.8 Å². The molecule has 2 N–H and O–H groups in total. The van der Waals surface area contributed by atoms with E-state index in [1.54, 1.807) is 30.3 Å². The number of carbonyl (C=O) groups is 3. The number of aromatic carboxylic acids is 1.